The third kappa shape index (κ3) is 6.68. The monoisotopic (exact) mass is 511 g/mol. The maximum absolute atomic E-state index is 12.3. The first-order valence-corrected chi connectivity index (χ1v) is 10.8. The molecule has 1 unspecified atom stereocenters. The minimum absolute atomic E-state index is 0.315. The number of rotatable bonds is 5. The van der Waals surface area contributed by atoms with E-state index < -0.39 is 18.2 Å². The van der Waals surface area contributed by atoms with Gasteiger partial charge in [-0.25, -0.2) is 9.59 Å². The maximum Gasteiger partial charge on any atom is 0.412 e. The second-order valence-corrected chi connectivity index (χ2v) is 8.26. The number of carbonyl (C=O) groups excluding carboxylic acids is 2. The van der Waals surface area contributed by atoms with Crippen LogP contribution in [0.5, 0.6) is 0 Å². The summed E-state index contributed by atoms with van der Waals surface area (Å²) in [5.41, 5.74) is 2.14. The smallest absolute Gasteiger partial charge is 0.412 e. The van der Waals surface area contributed by atoms with Crippen LogP contribution >= 0.6 is 46.4 Å². The van der Waals surface area contributed by atoms with Gasteiger partial charge in [0.2, 0.25) is 0 Å². The van der Waals surface area contributed by atoms with Crippen molar-refractivity contribution < 1.29 is 14.3 Å². The summed E-state index contributed by atoms with van der Waals surface area (Å²) >= 11 is 23.7. The molecule has 0 saturated carbocycles. The van der Waals surface area contributed by atoms with E-state index in [1.54, 1.807) is 61.5 Å². The lowest BCUT2D eigenvalue weighted by atomic mass is 10.1. The lowest BCUT2D eigenvalue weighted by Crippen LogP contribution is -2.20. The molecule has 0 radical (unpaired) electrons. The predicted molar refractivity (Wildman–Crippen MR) is 131 cm³/mol. The predicted octanol–water partition coefficient (Wildman–Crippen LogP) is 8.25. The Labute approximate surface area is 204 Å². The van der Waals surface area contributed by atoms with Gasteiger partial charge in [-0.1, -0.05) is 58.5 Å². The van der Waals surface area contributed by atoms with Crippen molar-refractivity contribution in [1.82, 2.24) is 0 Å². The van der Waals surface area contributed by atoms with Crippen LogP contribution in [0.25, 0.3) is 0 Å². The van der Waals surface area contributed by atoms with Gasteiger partial charge in [0.25, 0.3) is 0 Å². The third-order valence-electron chi connectivity index (χ3n) is 4.24. The molecule has 3 N–H and O–H groups in total. The fraction of sp³-hybridized carbons (Fsp3) is 0.0909. The number of ether oxygens (including phenoxy) is 1. The van der Waals surface area contributed by atoms with Gasteiger partial charge in [0.1, 0.15) is 6.10 Å². The molecule has 1 atom stereocenters. The van der Waals surface area contributed by atoms with Gasteiger partial charge in [-0.05, 0) is 61.0 Å². The second kappa shape index (κ2) is 10.8. The van der Waals surface area contributed by atoms with Gasteiger partial charge in [0, 0.05) is 17.1 Å². The van der Waals surface area contributed by atoms with E-state index in [1.807, 2.05) is 0 Å². The maximum atomic E-state index is 12.3. The Morgan fingerprint density at radius 1 is 0.719 bits per heavy atom. The Morgan fingerprint density at radius 3 is 1.81 bits per heavy atom. The summed E-state index contributed by atoms with van der Waals surface area (Å²) in [6, 6.07) is 15.9. The van der Waals surface area contributed by atoms with Crippen LogP contribution in [0.15, 0.2) is 60.7 Å². The van der Waals surface area contributed by atoms with E-state index in [2.05, 4.69) is 16.0 Å². The number of urea groups is 1. The highest BCUT2D eigenvalue weighted by Gasteiger charge is 2.14. The molecule has 3 amide bonds. The molecule has 0 fully saturated rings. The van der Waals surface area contributed by atoms with Gasteiger partial charge in [-0.15, -0.1) is 0 Å². The SMILES string of the molecule is CC(OC(=O)Nc1ccc(Cl)c(Cl)c1)c1cccc(NC(=O)Nc2ccc(Cl)c(Cl)c2)c1. The molecule has 3 rings (SSSR count). The van der Waals surface area contributed by atoms with E-state index in [4.69, 9.17) is 51.1 Å². The van der Waals surface area contributed by atoms with Gasteiger partial charge in [-0.2, -0.15) is 0 Å². The number of hydrogen-bond acceptors (Lipinski definition) is 3. The van der Waals surface area contributed by atoms with Crippen LogP contribution < -0.4 is 16.0 Å². The molecule has 0 aromatic heterocycles. The average Bonchev–Trinajstić information content (AvgIpc) is 2.73. The molecule has 3 aromatic carbocycles. The van der Waals surface area contributed by atoms with Crippen molar-refractivity contribution in [3.8, 4) is 0 Å². The molecule has 0 bridgehead atoms. The number of carbonyl (C=O) groups is 2. The Bertz CT molecular complexity index is 1160. The second-order valence-electron chi connectivity index (χ2n) is 6.63. The molecule has 0 aliphatic rings. The molecule has 0 aliphatic carbocycles. The lowest BCUT2D eigenvalue weighted by Gasteiger charge is -2.16. The lowest BCUT2D eigenvalue weighted by molar-refractivity contribution is 0.121. The van der Waals surface area contributed by atoms with Gasteiger partial charge in [0.15, 0.2) is 0 Å². The molecule has 0 aliphatic heterocycles. The molecule has 0 heterocycles. The standard InChI is InChI=1S/C22H17Cl4N3O3/c1-12(32-22(31)29-16-6-8-18(24)20(26)11-16)13-3-2-4-14(9-13)27-21(30)28-15-5-7-17(23)19(25)10-15/h2-12H,1H3,(H,29,31)(H2,27,28,30). The molecular formula is C22H17Cl4N3O3. The van der Waals surface area contributed by atoms with Crippen LogP contribution in [0.2, 0.25) is 20.1 Å². The zero-order valence-corrected chi connectivity index (χ0v) is 19.6. The summed E-state index contributed by atoms with van der Waals surface area (Å²) in [6.45, 7) is 1.71. The Kier molecular flexibility index (Phi) is 8.10. The van der Waals surface area contributed by atoms with Crippen molar-refractivity contribution in [2.24, 2.45) is 0 Å². The number of halogens is 4. The first-order valence-electron chi connectivity index (χ1n) is 9.27. The van der Waals surface area contributed by atoms with Gasteiger partial charge >= 0.3 is 12.1 Å². The largest absolute Gasteiger partial charge is 0.441 e. The summed E-state index contributed by atoms with van der Waals surface area (Å²) in [5, 5.41) is 9.39. The van der Waals surface area contributed by atoms with Gasteiger partial charge in [0.05, 0.1) is 20.1 Å². The number of nitrogens with one attached hydrogen (secondary N) is 3. The average molecular weight is 513 g/mol. The third-order valence-corrected chi connectivity index (χ3v) is 5.72. The van der Waals surface area contributed by atoms with Crippen molar-refractivity contribution in [2.45, 2.75) is 13.0 Å². The van der Waals surface area contributed by atoms with Gasteiger partial charge in [-0.3, -0.25) is 5.32 Å². The zero-order valence-electron chi connectivity index (χ0n) is 16.6. The molecule has 0 spiro atoms. The highest BCUT2D eigenvalue weighted by molar-refractivity contribution is 6.42. The van der Waals surface area contributed by atoms with E-state index in [9.17, 15) is 9.59 Å². The van der Waals surface area contributed by atoms with Crippen LogP contribution in [-0.2, 0) is 4.74 Å². The first-order chi connectivity index (χ1) is 15.2. The van der Waals surface area contributed by atoms with Crippen molar-refractivity contribution in [2.75, 3.05) is 16.0 Å². The normalized spacial score (nSPS) is 11.4. The van der Waals surface area contributed by atoms with Crippen LogP contribution in [0.1, 0.15) is 18.6 Å². The Balaban J connectivity index is 1.59. The first kappa shape index (κ1) is 24.0. The highest BCUT2D eigenvalue weighted by Crippen LogP contribution is 2.27. The van der Waals surface area contributed by atoms with Gasteiger partial charge < -0.3 is 15.4 Å². The number of anilines is 3. The molecule has 32 heavy (non-hydrogen) atoms. The van der Waals surface area contributed by atoms with Crippen molar-refractivity contribution in [3.63, 3.8) is 0 Å². The Morgan fingerprint density at radius 2 is 1.25 bits per heavy atom. The van der Waals surface area contributed by atoms with Crippen molar-refractivity contribution in [1.29, 1.82) is 0 Å². The number of hydrogen-bond donors (Lipinski definition) is 3. The van der Waals surface area contributed by atoms with Crippen LogP contribution in [0.3, 0.4) is 0 Å². The summed E-state index contributed by atoms with van der Waals surface area (Å²) in [6.07, 6.45) is -1.25. The van der Waals surface area contributed by atoms with Crippen LogP contribution in [0, 0.1) is 0 Å². The number of benzene rings is 3. The fourth-order valence-electron chi connectivity index (χ4n) is 2.69. The van der Waals surface area contributed by atoms with E-state index in [-0.39, 0.29) is 0 Å². The van der Waals surface area contributed by atoms with Crippen LogP contribution in [-0.4, -0.2) is 12.1 Å². The van der Waals surface area contributed by atoms with E-state index in [0.717, 1.165) is 0 Å². The molecule has 3 aromatic rings. The van der Waals surface area contributed by atoms with E-state index >= 15 is 0 Å². The fourth-order valence-corrected chi connectivity index (χ4v) is 3.28. The molecule has 0 saturated heterocycles. The molecule has 10 heteroatoms. The van der Waals surface area contributed by atoms with Crippen LogP contribution in [0.4, 0.5) is 26.7 Å². The van der Waals surface area contributed by atoms with E-state index in [0.29, 0.717) is 42.7 Å². The highest BCUT2D eigenvalue weighted by atomic mass is 35.5. The Hall–Kier alpha value is -2.64. The molecule has 6 nitrogen and oxygen atoms in total. The van der Waals surface area contributed by atoms with E-state index in [1.165, 1.54) is 6.07 Å². The quantitative estimate of drug-likeness (QED) is 0.322. The molecule has 166 valence electrons. The minimum Gasteiger partial charge on any atom is -0.441 e. The summed E-state index contributed by atoms with van der Waals surface area (Å²) in [4.78, 5) is 24.5. The van der Waals surface area contributed by atoms with Crippen molar-refractivity contribution in [3.05, 3.63) is 86.3 Å². The molecular weight excluding hydrogens is 496 g/mol. The summed E-state index contributed by atoms with van der Waals surface area (Å²) in [7, 11) is 0. The topological polar surface area (TPSA) is 79.5 Å². The number of amides is 3. The zero-order chi connectivity index (χ0) is 23.3. The minimum atomic E-state index is -0.661. The summed E-state index contributed by atoms with van der Waals surface area (Å²) in [5.74, 6) is 0. The summed E-state index contributed by atoms with van der Waals surface area (Å²) < 4.78 is 5.41. The van der Waals surface area contributed by atoms with Crippen molar-refractivity contribution >= 4 is 75.6 Å².